The van der Waals surface area contributed by atoms with Gasteiger partial charge in [0.2, 0.25) is 11.8 Å². The number of amides is 2. The molecule has 0 radical (unpaired) electrons. The van der Waals surface area contributed by atoms with E-state index in [9.17, 15) is 9.59 Å². The van der Waals surface area contributed by atoms with E-state index in [2.05, 4.69) is 5.16 Å². The van der Waals surface area contributed by atoms with Crippen LogP contribution in [-0.4, -0.2) is 46.4 Å². The van der Waals surface area contributed by atoms with E-state index in [-0.39, 0.29) is 17.7 Å². The summed E-state index contributed by atoms with van der Waals surface area (Å²) in [5.74, 6) is 0.907. The summed E-state index contributed by atoms with van der Waals surface area (Å²) in [6.45, 7) is 2.86. The van der Waals surface area contributed by atoms with Gasteiger partial charge in [-0.05, 0) is 26.2 Å². The molecule has 126 valence electrons. The molecule has 2 aliphatic rings. The maximum atomic E-state index is 12.7. The molecule has 0 N–H and O–H groups in total. The van der Waals surface area contributed by atoms with Gasteiger partial charge in [-0.25, -0.2) is 0 Å². The zero-order valence-electron chi connectivity index (χ0n) is 14.0. The Kier molecular flexibility index (Phi) is 4.68. The maximum absolute atomic E-state index is 12.7. The van der Waals surface area contributed by atoms with Crippen molar-refractivity contribution >= 4 is 11.8 Å². The zero-order chi connectivity index (χ0) is 16.4. The first-order valence-corrected chi connectivity index (χ1v) is 8.51. The van der Waals surface area contributed by atoms with Gasteiger partial charge in [-0.15, -0.1) is 0 Å². The first kappa shape index (κ1) is 16.0. The van der Waals surface area contributed by atoms with Crippen molar-refractivity contribution in [3.63, 3.8) is 0 Å². The second kappa shape index (κ2) is 6.72. The predicted molar refractivity (Wildman–Crippen MR) is 84.4 cm³/mol. The summed E-state index contributed by atoms with van der Waals surface area (Å²) in [6, 6.07) is 2.19. The van der Waals surface area contributed by atoms with Crippen molar-refractivity contribution in [1.82, 2.24) is 15.0 Å². The molecule has 1 aliphatic heterocycles. The maximum Gasteiger partial charge on any atom is 0.227 e. The van der Waals surface area contributed by atoms with Gasteiger partial charge in [0.15, 0.2) is 5.76 Å². The van der Waals surface area contributed by atoms with Crippen LogP contribution in [0.15, 0.2) is 10.6 Å². The molecule has 6 heteroatoms. The molecule has 1 aromatic heterocycles. The Morgan fingerprint density at radius 3 is 2.78 bits per heavy atom. The molecule has 3 rings (SSSR count). The van der Waals surface area contributed by atoms with Crippen LogP contribution in [0, 0.1) is 12.8 Å². The number of aryl methyl sites for hydroxylation is 1. The fourth-order valence-electron chi connectivity index (χ4n) is 3.76. The van der Waals surface area contributed by atoms with Gasteiger partial charge >= 0.3 is 0 Å². The van der Waals surface area contributed by atoms with Gasteiger partial charge in [-0.2, -0.15) is 0 Å². The number of hydrogen-bond acceptors (Lipinski definition) is 4. The molecule has 1 atom stereocenters. The van der Waals surface area contributed by atoms with Crippen molar-refractivity contribution in [3.8, 4) is 0 Å². The second-order valence-electron chi connectivity index (χ2n) is 6.85. The second-order valence-corrected chi connectivity index (χ2v) is 6.85. The van der Waals surface area contributed by atoms with Crippen LogP contribution in [0.5, 0.6) is 0 Å². The van der Waals surface area contributed by atoms with Gasteiger partial charge in [-0.1, -0.05) is 18.0 Å². The van der Waals surface area contributed by atoms with E-state index in [0.717, 1.165) is 18.5 Å². The minimum Gasteiger partial charge on any atom is -0.359 e. The number of piperidine rings is 1. The van der Waals surface area contributed by atoms with Gasteiger partial charge in [0.25, 0.3) is 0 Å². The average Bonchev–Trinajstić information content (AvgIpc) is 3.19. The molecule has 23 heavy (non-hydrogen) atoms. The molecule has 1 saturated heterocycles. The van der Waals surface area contributed by atoms with Gasteiger partial charge in [0.05, 0.1) is 18.2 Å². The highest BCUT2D eigenvalue weighted by Gasteiger charge is 2.36. The van der Waals surface area contributed by atoms with Crippen LogP contribution in [-0.2, 0) is 16.1 Å². The lowest BCUT2D eigenvalue weighted by molar-refractivity contribution is -0.144. The van der Waals surface area contributed by atoms with Crippen molar-refractivity contribution < 1.29 is 14.1 Å². The molecule has 1 aromatic rings. The summed E-state index contributed by atoms with van der Waals surface area (Å²) in [5, 5.41) is 3.85. The zero-order valence-corrected chi connectivity index (χ0v) is 14.0. The number of nitrogens with zero attached hydrogens (tertiary/aromatic N) is 3. The van der Waals surface area contributed by atoms with Crippen molar-refractivity contribution in [2.75, 3.05) is 13.6 Å². The van der Waals surface area contributed by atoms with E-state index in [1.807, 2.05) is 17.9 Å². The summed E-state index contributed by atoms with van der Waals surface area (Å²) in [6.07, 6.45) is 5.69. The SMILES string of the molecule is Cc1cc(CN(C)C(=O)[C@H]2CCC(=O)N(C3CCCC3)C2)on1. The summed E-state index contributed by atoms with van der Waals surface area (Å²) in [4.78, 5) is 28.5. The summed E-state index contributed by atoms with van der Waals surface area (Å²) in [5.41, 5.74) is 0.816. The first-order valence-electron chi connectivity index (χ1n) is 8.51. The van der Waals surface area contributed by atoms with E-state index in [1.54, 1.807) is 11.9 Å². The number of aromatic nitrogens is 1. The number of hydrogen-bond donors (Lipinski definition) is 0. The van der Waals surface area contributed by atoms with E-state index < -0.39 is 0 Å². The third kappa shape index (κ3) is 3.57. The van der Waals surface area contributed by atoms with Crippen LogP contribution in [0.4, 0.5) is 0 Å². The molecule has 2 fully saturated rings. The van der Waals surface area contributed by atoms with Gasteiger partial charge < -0.3 is 14.3 Å². The minimum atomic E-state index is -0.0951. The Hall–Kier alpha value is -1.85. The standard InChI is InChI=1S/C17H25N3O3/c1-12-9-15(23-18-12)11-19(2)17(22)13-7-8-16(21)20(10-13)14-5-3-4-6-14/h9,13-14H,3-8,10-11H2,1-2H3/t13-/m0/s1. The highest BCUT2D eigenvalue weighted by molar-refractivity contribution is 5.84. The molecule has 1 saturated carbocycles. The molecule has 2 heterocycles. The van der Waals surface area contributed by atoms with Crippen LogP contribution in [0.3, 0.4) is 0 Å². The summed E-state index contributed by atoms with van der Waals surface area (Å²) >= 11 is 0. The quantitative estimate of drug-likeness (QED) is 0.852. The number of likely N-dealkylation sites (tertiary alicyclic amines) is 1. The minimum absolute atomic E-state index is 0.0922. The number of carbonyl (C=O) groups is 2. The number of carbonyl (C=O) groups excluding carboxylic acids is 2. The Bertz CT molecular complexity index is 577. The lowest BCUT2D eigenvalue weighted by Crippen LogP contribution is -2.49. The van der Waals surface area contributed by atoms with Crippen molar-refractivity contribution in [2.24, 2.45) is 5.92 Å². The summed E-state index contributed by atoms with van der Waals surface area (Å²) in [7, 11) is 1.79. The fraction of sp³-hybridized carbons (Fsp3) is 0.706. The highest BCUT2D eigenvalue weighted by Crippen LogP contribution is 2.29. The van der Waals surface area contributed by atoms with Crippen molar-refractivity contribution in [2.45, 2.75) is 58.0 Å². The average molecular weight is 319 g/mol. The third-order valence-corrected chi connectivity index (χ3v) is 5.00. The first-order chi connectivity index (χ1) is 11.0. The third-order valence-electron chi connectivity index (χ3n) is 5.00. The normalized spacial score (nSPS) is 22.6. The largest absolute Gasteiger partial charge is 0.359 e. The monoisotopic (exact) mass is 319 g/mol. The Morgan fingerprint density at radius 2 is 2.13 bits per heavy atom. The van der Waals surface area contributed by atoms with Gasteiger partial charge in [0.1, 0.15) is 0 Å². The van der Waals surface area contributed by atoms with Crippen LogP contribution in [0.1, 0.15) is 50.0 Å². The van der Waals surface area contributed by atoms with Crippen LogP contribution < -0.4 is 0 Å². The van der Waals surface area contributed by atoms with Crippen LogP contribution >= 0.6 is 0 Å². The molecule has 2 amide bonds. The molecular formula is C17H25N3O3. The Labute approximate surface area is 136 Å². The molecule has 0 unspecified atom stereocenters. The highest BCUT2D eigenvalue weighted by atomic mass is 16.5. The molecular weight excluding hydrogens is 294 g/mol. The van der Waals surface area contributed by atoms with Gasteiger partial charge in [0, 0.05) is 32.1 Å². The molecule has 1 aliphatic carbocycles. The Balaban J connectivity index is 1.60. The molecule has 0 spiro atoms. The van der Waals surface area contributed by atoms with E-state index in [0.29, 0.717) is 37.7 Å². The van der Waals surface area contributed by atoms with Gasteiger partial charge in [-0.3, -0.25) is 9.59 Å². The molecule has 6 nitrogen and oxygen atoms in total. The van der Waals surface area contributed by atoms with Crippen LogP contribution in [0.2, 0.25) is 0 Å². The topological polar surface area (TPSA) is 66.7 Å². The molecule has 0 aromatic carbocycles. The number of rotatable bonds is 4. The van der Waals surface area contributed by atoms with Crippen molar-refractivity contribution in [3.05, 3.63) is 17.5 Å². The lowest BCUT2D eigenvalue weighted by Gasteiger charge is -2.37. The smallest absolute Gasteiger partial charge is 0.227 e. The lowest BCUT2D eigenvalue weighted by atomic mass is 9.94. The fourth-order valence-corrected chi connectivity index (χ4v) is 3.76. The predicted octanol–water partition coefficient (Wildman–Crippen LogP) is 2.12. The van der Waals surface area contributed by atoms with E-state index >= 15 is 0 Å². The molecule has 0 bridgehead atoms. The van der Waals surface area contributed by atoms with Crippen LogP contribution in [0.25, 0.3) is 0 Å². The van der Waals surface area contributed by atoms with Crippen molar-refractivity contribution in [1.29, 1.82) is 0 Å². The van der Waals surface area contributed by atoms with E-state index in [1.165, 1.54) is 12.8 Å². The Morgan fingerprint density at radius 1 is 1.39 bits per heavy atom. The summed E-state index contributed by atoms with van der Waals surface area (Å²) < 4.78 is 5.18. The van der Waals surface area contributed by atoms with E-state index in [4.69, 9.17) is 4.52 Å².